The van der Waals surface area contributed by atoms with Gasteiger partial charge in [-0.3, -0.25) is 4.79 Å². The predicted octanol–water partition coefficient (Wildman–Crippen LogP) is 4.05. The van der Waals surface area contributed by atoms with Crippen molar-refractivity contribution in [2.45, 2.75) is 64.0 Å². The highest BCUT2D eigenvalue weighted by Gasteiger charge is 2.34. The number of nitrogens with two attached hydrogens (primary N) is 1. The van der Waals surface area contributed by atoms with Gasteiger partial charge in [0.05, 0.1) is 12.6 Å². The minimum atomic E-state index is -0.373. The van der Waals surface area contributed by atoms with E-state index in [1.165, 1.54) is 6.42 Å². The Kier molecular flexibility index (Phi) is 6.65. The molecule has 0 aromatic heterocycles. The largest absolute Gasteiger partial charge is 0.508 e. The van der Waals surface area contributed by atoms with E-state index in [2.05, 4.69) is 6.58 Å². The minimum Gasteiger partial charge on any atom is -0.508 e. The van der Waals surface area contributed by atoms with Crippen LogP contribution in [0.4, 0.5) is 0 Å². The highest BCUT2D eigenvalue weighted by atomic mass is 16.5. The van der Waals surface area contributed by atoms with Crippen molar-refractivity contribution < 1.29 is 14.6 Å². The molecule has 0 radical (unpaired) electrons. The van der Waals surface area contributed by atoms with E-state index >= 15 is 0 Å². The van der Waals surface area contributed by atoms with Crippen LogP contribution < -0.4 is 10.5 Å². The van der Waals surface area contributed by atoms with E-state index in [0.717, 1.165) is 55.4 Å². The lowest BCUT2D eigenvalue weighted by Gasteiger charge is -2.38. The Morgan fingerprint density at radius 3 is 2.54 bits per heavy atom. The van der Waals surface area contributed by atoms with Gasteiger partial charge in [-0.25, -0.2) is 0 Å². The van der Waals surface area contributed by atoms with E-state index in [4.69, 9.17) is 10.5 Å². The number of likely N-dealkylation sites (N-methyl/N-ethyl adjacent to an activating group) is 1. The van der Waals surface area contributed by atoms with Gasteiger partial charge in [0, 0.05) is 18.7 Å². The SMILES string of the molecule is C=C(O)c1cc(OCC2CCC([C@H](N)C(=O)N(C)C3CCC3)CC2)ccc1C. The summed E-state index contributed by atoms with van der Waals surface area (Å²) < 4.78 is 5.97. The Morgan fingerprint density at radius 2 is 1.96 bits per heavy atom. The van der Waals surface area contributed by atoms with Gasteiger partial charge in [0.15, 0.2) is 0 Å². The zero-order valence-electron chi connectivity index (χ0n) is 17.2. The molecule has 1 atom stereocenters. The number of aryl methyl sites for hydroxylation is 1. The lowest BCUT2D eigenvalue weighted by Crippen LogP contribution is -2.52. The maximum atomic E-state index is 12.6. The van der Waals surface area contributed by atoms with Gasteiger partial charge in [0.2, 0.25) is 5.91 Å². The van der Waals surface area contributed by atoms with Gasteiger partial charge >= 0.3 is 0 Å². The zero-order valence-corrected chi connectivity index (χ0v) is 17.2. The fourth-order valence-corrected chi connectivity index (χ4v) is 4.32. The third-order valence-corrected chi connectivity index (χ3v) is 6.66. The van der Waals surface area contributed by atoms with Crippen molar-refractivity contribution in [1.82, 2.24) is 4.90 Å². The molecule has 1 amide bonds. The maximum Gasteiger partial charge on any atom is 0.239 e. The van der Waals surface area contributed by atoms with Gasteiger partial charge < -0.3 is 20.5 Å². The topological polar surface area (TPSA) is 75.8 Å². The number of nitrogens with zero attached hydrogens (tertiary/aromatic N) is 1. The van der Waals surface area contributed by atoms with Gasteiger partial charge in [-0.1, -0.05) is 12.6 Å². The number of aliphatic hydroxyl groups is 1. The van der Waals surface area contributed by atoms with Crippen LogP contribution in [0.25, 0.3) is 5.76 Å². The number of hydrogen-bond acceptors (Lipinski definition) is 4. The normalized spacial score (nSPS) is 23.5. The fourth-order valence-electron chi connectivity index (χ4n) is 4.32. The van der Waals surface area contributed by atoms with E-state index in [9.17, 15) is 9.90 Å². The quantitative estimate of drug-likeness (QED) is 0.693. The molecular formula is C23H34N2O3. The average Bonchev–Trinajstić information content (AvgIpc) is 2.65. The molecule has 2 saturated carbocycles. The van der Waals surface area contributed by atoms with Crippen molar-refractivity contribution in [3.8, 4) is 5.75 Å². The highest BCUT2D eigenvalue weighted by molar-refractivity contribution is 5.82. The molecule has 5 nitrogen and oxygen atoms in total. The summed E-state index contributed by atoms with van der Waals surface area (Å²) in [6.45, 7) is 6.20. The van der Waals surface area contributed by atoms with Gasteiger partial charge in [-0.2, -0.15) is 0 Å². The molecule has 0 aliphatic heterocycles. The fraction of sp³-hybridized carbons (Fsp3) is 0.609. The monoisotopic (exact) mass is 386 g/mol. The average molecular weight is 387 g/mol. The molecule has 28 heavy (non-hydrogen) atoms. The van der Waals surface area contributed by atoms with Crippen LogP contribution in [0.3, 0.4) is 0 Å². The summed E-state index contributed by atoms with van der Waals surface area (Å²) in [6, 6.07) is 5.74. The molecule has 0 bridgehead atoms. The number of carbonyl (C=O) groups is 1. The smallest absolute Gasteiger partial charge is 0.239 e. The van der Waals surface area contributed by atoms with Crippen LogP contribution in [0.15, 0.2) is 24.8 Å². The summed E-state index contributed by atoms with van der Waals surface area (Å²) in [7, 11) is 1.91. The molecular weight excluding hydrogens is 352 g/mol. The van der Waals surface area contributed by atoms with Crippen molar-refractivity contribution in [3.05, 3.63) is 35.9 Å². The number of benzene rings is 1. The molecule has 0 saturated heterocycles. The lowest BCUT2D eigenvalue weighted by molar-refractivity contribution is -0.136. The standard InChI is InChI=1S/C23H34N2O3/c1-15-7-12-20(13-21(15)16(2)26)28-14-17-8-10-18(11-9-17)22(24)23(27)25(3)19-5-4-6-19/h7,12-13,17-19,22,26H,2,4-6,8-11,14,24H2,1,3H3/t17?,18?,22-/m0/s1. The first-order valence-electron chi connectivity index (χ1n) is 10.5. The molecule has 3 rings (SSSR count). The number of rotatable bonds is 7. The number of carbonyl (C=O) groups excluding carboxylic acids is 1. The third kappa shape index (κ3) is 4.69. The number of ether oxygens (including phenoxy) is 1. The van der Waals surface area contributed by atoms with Crippen molar-refractivity contribution in [1.29, 1.82) is 0 Å². The van der Waals surface area contributed by atoms with Crippen LogP contribution in [-0.4, -0.2) is 41.7 Å². The predicted molar refractivity (Wildman–Crippen MR) is 112 cm³/mol. The van der Waals surface area contributed by atoms with Crippen LogP contribution >= 0.6 is 0 Å². The van der Waals surface area contributed by atoms with Gasteiger partial charge in [0.1, 0.15) is 11.5 Å². The van der Waals surface area contributed by atoms with E-state index < -0.39 is 0 Å². The number of hydrogen-bond donors (Lipinski definition) is 2. The molecule has 2 aliphatic carbocycles. The summed E-state index contributed by atoms with van der Waals surface area (Å²) in [5.41, 5.74) is 8.03. The van der Waals surface area contributed by atoms with Crippen LogP contribution in [-0.2, 0) is 4.79 Å². The van der Waals surface area contributed by atoms with Crippen LogP contribution in [0.5, 0.6) is 5.75 Å². The highest BCUT2D eigenvalue weighted by Crippen LogP contribution is 2.33. The van der Waals surface area contributed by atoms with E-state index in [-0.39, 0.29) is 23.6 Å². The second-order valence-electron chi connectivity index (χ2n) is 8.57. The van der Waals surface area contributed by atoms with Crippen LogP contribution in [0.1, 0.15) is 56.1 Å². The molecule has 2 fully saturated rings. The summed E-state index contributed by atoms with van der Waals surface area (Å²) in [6.07, 6.45) is 7.47. The molecule has 3 N–H and O–H groups in total. The minimum absolute atomic E-state index is 0.0639. The molecule has 0 heterocycles. The summed E-state index contributed by atoms with van der Waals surface area (Å²) in [5, 5.41) is 9.67. The molecule has 1 aromatic rings. The second kappa shape index (κ2) is 8.99. The Bertz CT molecular complexity index is 706. The van der Waals surface area contributed by atoms with Crippen molar-refractivity contribution in [2.24, 2.45) is 17.6 Å². The summed E-state index contributed by atoms with van der Waals surface area (Å²) in [5.74, 6) is 1.68. The number of aliphatic hydroxyl groups excluding tert-OH is 1. The molecule has 154 valence electrons. The van der Waals surface area contributed by atoms with Crippen LogP contribution in [0, 0.1) is 18.8 Å². The second-order valence-corrected chi connectivity index (χ2v) is 8.57. The van der Waals surface area contributed by atoms with Crippen molar-refractivity contribution >= 4 is 11.7 Å². The lowest BCUT2D eigenvalue weighted by atomic mass is 9.78. The van der Waals surface area contributed by atoms with Crippen LogP contribution in [0.2, 0.25) is 0 Å². The van der Waals surface area contributed by atoms with Gasteiger partial charge in [-0.05, 0) is 81.4 Å². The van der Waals surface area contributed by atoms with Crippen molar-refractivity contribution in [3.63, 3.8) is 0 Å². The van der Waals surface area contributed by atoms with Crippen molar-refractivity contribution in [2.75, 3.05) is 13.7 Å². The van der Waals surface area contributed by atoms with E-state index in [1.54, 1.807) is 0 Å². The Morgan fingerprint density at radius 1 is 1.29 bits per heavy atom. The first-order valence-corrected chi connectivity index (χ1v) is 10.5. The first kappa shape index (κ1) is 20.7. The summed E-state index contributed by atoms with van der Waals surface area (Å²) in [4.78, 5) is 14.5. The van der Waals surface area contributed by atoms with E-state index in [0.29, 0.717) is 18.6 Å². The third-order valence-electron chi connectivity index (χ3n) is 6.66. The Balaban J connectivity index is 1.46. The summed E-state index contributed by atoms with van der Waals surface area (Å²) >= 11 is 0. The number of amides is 1. The van der Waals surface area contributed by atoms with Gasteiger partial charge in [-0.15, -0.1) is 0 Å². The van der Waals surface area contributed by atoms with E-state index in [1.807, 2.05) is 37.1 Å². The molecule has 1 aromatic carbocycles. The maximum absolute atomic E-state index is 12.6. The Labute approximate surface area is 168 Å². The molecule has 0 spiro atoms. The molecule has 2 aliphatic rings. The first-order chi connectivity index (χ1) is 13.4. The van der Waals surface area contributed by atoms with Gasteiger partial charge in [0.25, 0.3) is 0 Å². The molecule has 0 unspecified atom stereocenters. The Hall–Kier alpha value is -2.01. The molecule has 5 heteroatoms. The zero-order chi connectivity index (χ0) is 20.3.